The summed E-state index contributed by atoms with van der Waals surface area (Å²) >= 11 is 0. The summed E-state index contributed by atoms with van der Waals surface area (Å²) in [4.78, 5) is 0. The van der Waals surface area contributed by atoms with Gasteiger partial charge in [-0.15, -0.1) is 24.8 Å². The molecule has 2 N–H and O–H groups in total. The number of benzene rings is 3. The Labute approximate surface area is 241 Å². The van der Waals surface area contributed by atoms with Crippen LogP contribution in [0.4, 0.5) is 0 Å². The molecule has 36 heavy (non-hydrogen) atoms. The minimum absolute atomic E-state index is 0. The van der Waals surface area contributed by atoms with Crippen LogP contribution in [0, 0.1) is 11.3 Å². The van der Waals surface area contributed by atoms with Gasteiger partial charge in [-0.25, -0.2) is 0 Å². The van der Waals surface area contributed by atoms with Crippen molar-refractivity contribution in [1.82, 2.24) is 10.6 Å². The maximum Gasteiger partial charge on any atom is 0.124 e. The Morgan fingerprint density at radius 2 is 1.64 bits per heavy atom. The Balaban J connectivity index is 0.00000306. The molecule has 0 bridgehead atoms. The summed E-state index contributed by atoms with van der Waals surface area (Å²) < 4.78 is 6.13. The summed E-state index contributed by atoms with van der Waals surface area (Å²) in [7, 11) is 0. The van der Waals surface area contributed by atoms with E-state index in [1.807, 2.05) is 24.3 Å². The number of ether oxygens (including phenoxy) is 1. The smallest absolute Gasteiger partial charge is 0.124 e. The van der Waals surface area contributed by atoms with Gasteiger partial charge in [0, 0.05) is 24.2 Å². The van der Waals surface area contributed by atoms with Crippen LogP contribution in [-0.2, 0) is 6.54 Å². The van der Waals surface area contributed by atoms with E-state index in [2.05, 4.69) is 79.1 Å². The van der Waals surface area contributed by atoms with E-state index in [1.165, 1.54) is 12.0 Å². The van der Waals surface area contributed by atoms with E-state index in [1.54, 1.807) is 0 Å². The summed E-state index contributed by atoms with van der Waals surface area (Å²) in [6.45, 7) is 5.90. The lowest BCUT2D eigenvalue weighted by molar-refractivity contribution is 0.238. The van der Waals surface area contributed by atoms with Gasteiger partial charge in [0.25, 0.3) is 0 Å². The summed E-state index contributed by atoms with van der Waals surface area (Å²) in [5.74, 6) is 0.921. The van der Waals surface area contributed by atoms with Crippen molar-refractivity contribution in [3.05, 3.63) is 89.5 Å². The Morgan fingerprint density at radius 1 is 0.972 bits per heavy atom. The van der Waals surface area contributed by atoms with Crippen LogP contribution in [0.3, 0.4) is 0 Å². The number of nitrogens with one attached hydrogen (secondary N) is 2. The average molecular weight is 567 g/mol. The number of hydrogen-bond donors (Lipinski definition) is 2. The first-order valence-electron chi connectivity index (χ1n) is 11.5. The fraction of sp³-hybridized carbons (Fsp3) is 0.321. The van der Waals surface area contributed by atoms with Crippen LogP contribution in [0.5, 0.6) is 5.75 Å². The number of hydrogen-bond acceptors (Lipinski definition) is 4. The van der Waals surface area contributed by atoms with E-state index in [4.69, 9.17) is 10.00 Å². The molecule has 1 aliphatic rings. The fourth-order valence-electron chi connectivity index (χ4n) is 4.36. The first-order valence-corrected chi connectivity index (χ1v) is 11.5. The minimum Gasteiger partial charge on any atom is -0.491 e. The molecule has 1 saturated heterocycles. The largest absolute Gasteiger partial charge is 0.491 e. The molecule has 4 nitrogen and oxygen atoms in total. The Hall–Kier alpha value is -1.85. The molecule has 3 aromatic rings. The van der Waals surface area contributed by atoms with Gasteiger partial charge in [-0.3, -0.25) is 0 Å². The quantitative estimate of drug-likeness (QED) is 0.336. The number of nitriles is 1. The lowest BCUT2D eigenvalue weighted by Gasteiger charge is -2.34. The molecule has 0 aliphatic carbocycles. The van der Waals surface area contributed by atoms with Crippen molar-refractivity contribution in [2.24, 2.45) is 0 Å². The van der Waals surface area contributed by atoms with Crippen molar-refractivity contribution in [3.63, 3.8) is 0 Å². The topological polar surface area (TPSA) is 57.1 Å². The van der Waals surface area contributed by atoms with Crippen LogP contribution in [0.1, 0.15) is 49.4 Å². The molecule has 0 unspecified atom stereocenters. The number of halogens is 2. The number of piperidine rings is 1. The zero-order valence-electron chi connectivity index (χ0n) is 20.7. The molecule has 1 aliphatic heterocycles. The van der Waals surface area contributed by atoms with E-state index < -0.39 is 0 Å². The minimum atomic E-state index is 0. The highest BCUT2D eigenvalue weighted by atomic mass is 35.5. The first kappa shape index (κ1) is 34.1. The van der Waals surface area contributed by atoms with Crippen molar-refractivity contribution in [3.8, 4) is 22.9 Å². The highest BCUT2D eigenvalue weighted by Gasteiger charge is 2.25. The highest BCUT2D eigenvalue weighted by molar-refractivity contribution is 7.59. The molecule has 8 heteroatoms. The molecule has 3 aromatic carbocycles. The van der Waals surface area contributed by atoms with Crippen molar-refractivity contribution in [2.45, 2.75) is 51.4 Å². The zero-order valence-corrected chi connectivity index (χ0v) is 24.3. The van der Waals surface area contributed by atoms with Gasteiger partial charge in [0.2, 0.25) is 0 Å². The fourth-order valence-corrected chi connectivity index (χ4v) is 4.36. The molecule has 2 atom stereocenters. The van der Waals surface area contributed by atoms with E-state index >= 15 is 0 Å². The van der Waals surface area contributed by atoms with Crippen LogP contribution < -0.4 is 15.4 Å². The molecular formula is C28H37Cl2N3OS2. The predicted octanol–water partition coefficient (Wildman–Crippen LogP) is 6.66. The highest BCUT2D eigenvalue weighted by Crippen LogP contribution is 2.29. The van der Waals surface area contributed by atoms with Gasteiger partial charge in [-0.1, -0.05) is 48.5 Å². The first-order chi connectivity index (χ1) is 15.6. The van der Waals surface area contributed by atoms with Gasteiger partial charge in [0.15, 0.2) is 0 Å². The van der Waals surface area contributed by atoms with Crippen LogP contribution >= 0.6 is 51.8 Å². The Kier molecular flexibility index (Phi) is 15.9. The molecular weight excluding hydrogens is 529 g/mol. The van der Waals surface area contributed by atoms with Crippen molar-refractivity contribution >= 4 is 51.8 Å². The summed E-state index contributed by atoms with van der Waals surface area (Å²) in [6.07, 6.45) is 2.42. The second kappa shape index (κ2) is 16.8. The van der Waals surface area contributed by atoms with Gasteiger partial charge >= 0.3 is 0 Å². The van der Waals surface area contributed by atoms with Gasteiger partial charge in [0.05, 0.1) is 17.7 Å². The molecule has 0 aromatic heterocycles. The molecule has 0 spiro atoms. The Bertz CT molecular complexity index is 1080. The standard InChI is InChI=1S/C28H31N3O.2ClH.2H2S/c1-20(2)32-27-15-14-24(22-12-10-21(18-29)11-13-22)17-25(27)19-31-26-9-6-16-30-28(26)23-7-4-3-5-8-23;;;;/h3-5,7-8,10-15,17,20,26,28,30-31H,6,9,16,19H2,1-2H3;2*1H;2*1H2/t26-,28-;;;;/m0..../s1. The lowest BCUT2D eigenvalue weighted by Crippen LogP contribution is -2.45. The van der Waals surface area contributed by atoms with Crippen molar-refractivity contribution in [2.75, 3.05) is 6.54 Å². The van der Waals surface area contributed by atoms with E-state index in [0.717, 1.165) is 42.0 Å². The van der Waals surface area contributed by atoms with Crippen LogP contribution in [0.25, 0.3) is 11.1 Å². The van der Waals surface area contributed by atoms with Crippen LogP contribution in [-0.4, -0.2) is 18.7 Å². The number of rotatable bonds is 7. The normalized spacial score (nSPS) is 16.3. The van der Waals surface area contributed by atoms with Crippen LogP contribution in [0.2, 0.25) is 0 Å². The summed E-state index contributed by atoms with van der Waals surface area (Å²) in [5, 5.41) is 16.6. The molecule has 196 valence electrons. The maximum atomic E-state index is 9.08. The van der Waals surface area contributed by atoms with Gasteiger partial charge in [0.1, 0.15) is 5.75 Å². The third-order valence-corrected chi connectivity index (χ3v) is 5.94. The SMILES string of the molecule is CC(C)Oc1ccc(-c2ccc(C#N)cc2)cc1CN[C@H]1CCCN[C@H]1c1ccccc1.Cl.Cl.S.S. The molecule has 1 fully saturated rings. The van der Waals surface area contributed by atoms with Crippen molar-refractivity contribution < 1.29 is 4.74 Å². The third kappa shape index (κ3) is 8.92. The second-order valence-corrected chi connectivity index (χ2v) is 8.65. The predicted molar refractivity (Wildman–Crippen MR) is 165 cm³/mol. The monoisotopic (exact) mass is 565 g/mol. The molecule has 0 amide bonds. The summed E-state index contributed by atoms with van der Waals surface area (Å²) in [6, 6.07) is 27.7. The van der Waals surface area contributed by atoms with E-state index in [9.17, 15) is 0 Å². The van der Waals surface area contributed by atoms with E-state index in [-0.39, 0.29) is 57.9 Å². The molecule has 4 rings (SSSR count). The maximum absolute atomic E-state index is 9.08. The third-order valence-electron chi connectivity index (χ3n) is 5.94. The van der Waals surface area contributed by atoms with E-state index in [0.29, 0.717) is 17.6 Å². The second-order valence-electron chi connectivity index (χ2n) is 8.65. The summed E-state index contributed by atoms with van der Waals surface area (Å²) in [5.41, 5.74) is 5.38. The zero-order chi connectivity index (χ0) is 22.3. The molecule has 0 radical (unpaired) electrons. The molecule has 0 saturated carbocycles. The Morgan fingerprint density at radius 3 is 2.28 bits per heavy atom. The van der Waals surface area contributed by atoms with Gasteiger partial charge in [-0.05, 0) is 74.2 Å². The number of nitrogens with zero attached hydrogens (tertiary/aromatic N) is 1. The van der Waals surface area contributed by atoms with Gasteiger partial charge < -0.3 is 15.4 Å². The lowest BCUT2D eigenvalue weighted by atomic mass is 9.92. The van der Waals surface area contributed by atoms with Gasteiger partial charge in [-0.2, -0.15) is 32.3 Å². The van der Waals surface area contributed by atoms with Crippen LogP contribution in [0.15, 0.2) is 72.8 Å². The average Bonchev–Trinajstić information content (AvgIpc) is 2.84. The van der Waals surface area contributed by atoms with Crippen molar-refractivity contribution in [1.29, 1.82) is 5.26 Å². The molecule has 1 heterocycles.